The highest BCUT2D eigenvalue weighted by Gasteiger charge is 2.45. The number of nitrogens with zero attached hydrogens (tertiary/aromatic N) is 1. The van der Waals surface area contributed by atoms with E-state index < -0.39 is 0 Å². The minimum atomic E-state index is 0.382. The zero-order chi connectivity index (χ0) is 12.4. The fraction of sp³-hybridized carbons (Fsp3) is 0.750. The van der Waals surface area contributed by atoms with Gasteiger partial charge in [0.2, 0.25) is 0 Å². The molecule has 0 amide bonds. The van der Waals surface area contributed by atoms with Crippen molar-refractivity contribution in [3.63, 3.8) is 0 Å². The first-order chi connectivity index (χ1) is 8.84. The van der Waals surface area contributed by atoms with E-state index in [-0.39, 0.29) is 0 Å². The standard InChI is InChI=1S/C16H25NS/c1-14-8-3-4-10-16(14,15-9-7-13-18-15)17-11-5-2-6-12-17/h7,9,13-14H,2-6,8,10-12H2,1H3/t14?,16-/m1/s1. The summed E-state index contributed by atoms with van der Waals surface area (Å²) in [4.78, 5) is 4.48. The molecule has 2 fully saturated rings. The number of hydrogen-bond acceptors (Lipinski definition) is 2. The van der Waals surface area contributed by atoms with Crippen molar-refractivity contribution in [3.05, 3.63) is 22.4 Å². The number of thiophene rings is 1. The first-order valence-corrected chi connectivity index (χ1v) is 8.51. The largest absolute Gasteiger partial charge is 0.293 e. The monoisotopic (exact) mass is 263 g/mol. The van der Waals surface area contributed by atoms with Gasteiger partial charge in [-0.2, -0.15) is 0 Å². The van der Waals surface area contributed by atoms with E-state index in [1.807, 2.05) is 11.3 Å². The Morgan fingerprint density at radius 1 is 1.17 bits per heavy atom. The highest BCUT2D eigenvalue weighted by Crippen LogP contribution is 2.48. The van der Waals surface area contributed by atoms with Gasteiger partial charge in [0.25, 0.3) is 0 Å². The first kappa shape index (κ1) is 12.7. The van der Waals surface area contributed by atoms with Crippen molar-refractivity contribution in [3.8, 4) is 0 Å². The predicted molar refractivity (Wildman–Crippen MR) is 79.1 cm³/mol. The molecule has 2 atom stereocenters. The predicted octanol–water partition coefficient (Wildman–Crippen LogP) is 4.64. The molecular weight excluding hydrogens is 238 g/mol. The van der Waals surface area contributed by atoms with E-state index in [9.17, 15) is 0 Å². The molecule has 0 N–H and O–H groups in total. The number of rotatable bonds is 2. The average Bonchev–Trinajstić information content (AvgIpc) is 2.95. The summed E-state index contributed by atoms with van der Waals surface area (Å²) in [5.74, 6) is 0.822. The quantitative estimate of drug-likeness (QED) is 0.751. The molecule has 0 aromatic carbocycles. The highest BCUT2D eigenvalue weighted by molar-refractivity contribution is 7.10. The van der Waals surface area contributed by atoms with Crippen molar-refractivity contribution in [1.29, 1.82) is 0 Å². The van der Waals surface area contributed by atoms with Crippen LogP contribution >= 0.6 is 11.3 Å². The maximum absolute atomic E-state index is 2.84. The fourth-order valence-electron chi connectivity index (χ4n) is 4.14. The van der Waals surface area contributed by atoms with E-state index in [0.29, 0.717) is 5.54 Å². The van der Waals surface area contributed by atoms with Crippen LogP contribution in [-0.2, 0) is 5.54 Å². The SMILES string of the molecule is CC1CCCC[C@@]1(c1cccs1)N1CCCCC1. The van der Waals surface area contributed by atoms with E-state index in [4.69, 9.17) is 0 Å². The summed E-state index contributed by atoms with van der Waals surface area (Å²) in [6.45, 7) is 5.14. The molecule has 0 bridgehead atoms. The van der Waals surface area contributed by atoms with Crippen molar-refractivity contribution in [2.45, 2.75) is 57.4 Å². The Hall–Kier alpha value is -0.340. The van der Waals surface area contributed by atoms with Gasteiger partial charge in [0.15, 0.2) is 0 Å². The van der Waals surface area contributed by atoms with E-state index >= 15 is 0 Å². The molecule has 2 heteroatoms. The molecule has 1 saturated carbocycles. The summed E-state index contributed by atoms with van der Waals surface area (Å²) in [5, 5.41) is 2.27. The van der Waals surface area contributed by atoms with Crippen LogP contribution in [0.4, 0.5) is 0 Å². The molecule has 0 spiro atoms. The van der Waals surface area contributed by atoms with Crippen LogP contribution < -0.4 is 0 Å². The third-order valence-electron chi connectivity index (χ3n) is 5.13. The molecule has 18 heavy (non-hydrogen) atoms. The molecule has 1 aliphatic heterocycles. The lowest BCUT2D eigenvalue weighted by Crippen LogP contribution is -2.53. The molecule has 2 aliphatic rings. The Balaban J connectivity index is 1.96. The lowest BCUT2D eigenvalue weighted by molar-refractivity contribution is -0.00817. The van der Waals surface area contributed by atoms with Crippen LogP contribution in [0.1, 0.15) is 56.7 Å². The highest BCUT2D eigenvalue weighted by atomic mass is 32.1. The molecular formula is C16H25NS. The molecule has 100 valence electrons. The van der Waals surface area contributed by atoms with Crippen LogP contribution in [0.2, 0.25) is 0 Å². The van der Waals surface area contributed by atoms with Crippen LogP contribution in [0.25, 0.3) is 0 Å². The van der Waals surface area contributed by atoms with Gasteiger partial charge in [-0.25, -0.2) is 0 Å². The van der Waals surface area contributed by atoms with Gasteiger partial charge in [-0.3, -0.25) is 4.90 Å². The average molecular weight is 263 g/mol. The van der Waals surface area contributed by atoms with Crippen molar-refractivity contribution in [1.82, 2.24) is 4.90 Å². The van der Waals surface area contributed by atoms with Gasteiger partial charge in [0, 0.05) is 4.88 Å². The maximum atomic E-state index is 2.84. The second-order valence-electron chi connectivity index (χ2n) is 6.10. The second-order valence-corrected chi connectivity index (χ2v) is 7.04. The van der Waals surface area contributed by atoms with Gasteiger partial charge < -0.3 is 0 Å². The second kappa shape index (κ2) is 5.34. The number of likely N-dealkylation sites (tertiary alicyclic amines) is 1. The molecule has 3 rings (SSSR count). The van der Waals surface area contributed by atoms with E-state index in [0.717, 1.165) is 5.92 Å². The molecule has 1 aliphatic carbocycles. The lowest BCUT2D eigenvalue weighted by atomic mass is 9.71. The molecule has 1 nitrogen and oxygen atoms in total. The Labute approximate surface area is 115 Å². The van der Waals surface area contributed by atoms with Gasteiger partial charge in [0.05, 0.1) is 5.54 Å². The maximum Gasteiger partial charge on any atom is 0.0579 e. The molecule has 1 aromatic rings. The van der Waals surface area contributed by atoms with Gasteiger partial charge in [-0.15, -0.1) is 11.3 Å². The minimum Gasteiger partial charge on any atom is -0.293 e. The van der Waals surface area contributed by atoms with Gasteiger partial charge >= 0.3 is 0 Å². The molecule has 0 radical (unpaired) electrons. The van der Waals surface area contributed by atoms with E-state index in [1.165, 1.54) is 58.0 Å². The molecule has 1 unspecified atom stereocenters. The summed E-state index contributed by atoms with van der Waals surface area (Å²) in [5.41, 5.74) is 0.382. The Morgan fingerprint density at radius 2 is 2.00 bits per heavy atom. The molecule has 2 heterocycles. The molecule has 1 aromatic heterocycles. The number of piperidine rings is 1. The van der Waals surface area contributed by atoms with E-state index in [2.05, 4.69) is 29.3 Å². The van der Waals surface area contributed by atoms with Crippen molar-refractivity contribution < 1.29 is 0 Å². The summed E-state index contributed by atoms with van der Waals surface area (Å²) in [7, 11) is 0. The van der Waals surface area contributed by atoms with Gasteiger partial charge in [0.1, 0.15) is 0 Å². The first-order valence-electron chi connectivity index (χ1n) is 7.63. The van der Waals surface area contributed by atoms with Crippen molar-refractivity contribution in [2.75, 3.05) is 13.1 Å². The summed E-state index contributed by atoms with van der Waals surface area (Å²) < 4.78 is 0. The van der Waals surface area contributed by atoms with Gasteiger partial charge in [-0.1, -0.05) is 32.3 Å². The Morgan fingerprint density at radius 3 is 2.67 bits per heavy atom. The Kier molecular flexibility index (Phi) is 3.76. The van der Waals surface area contributed by atoms with Crippen LogP contribution in [-0.4, -0.2) is 18.0 Å². The number of hydrogen-bond donors (Lipinski definition) is 0. The summed E-state index contributed by atoms with van der Waals surface area (Å²) >= 11 is 1.98. The van der Waals surface area contributed by atoms with Crippen LogP contribution in [0.3, 0.4) is 0 Å². The van der Waals surface area contributed by atoms with Crippen LogP contribution in [0.15, 0.2) is 17.5 Å². The van der Waals surface area contributed by atoms with E-state index in [1.54, 1.807) is 4.88 Å². The normalized spacial score (nSPS) is 34.6. The molecule has 1 saturated heterocycles. The third kappa shape index (κ3) is 2.04. The minimum absolute atomic E-state index is 0.382. The summed E-state index contributed by atoms with van der Waals surface area (Å²) in [6, 6.07) is 4.63. The Bertz CT molecular complexity index is 366. The zero-order valence-electron chi connectivity index (χ0n) is 11.5. The zero-order valence-corrected chi connectivity index (χ0v) is 12.3. The lowest BCUT2D eigenvalue weighted by Gasteiger charge is -2.51. The van der Waals surface area contributed by atoms with Crippen molar-refractivity contribution in [2.24, 2.45) is 5.92 Å². The van der Waals surface area contributed by atoms with Crippen LogP contribution in [0.5, 0.6) is 0 Å². The van der Waals surface area contributed by atoms with Gasteiger partial charge in [-0.05, 0) is 56.1 Å². The third-order valence-corrected chi connectivity index (χ3v) is 6.17. The summed E-state index contributed by atoms with van der Waals surface area (Å²) in [6.07, 6.45) is 9.88. The van der Waals surface area contributed by atoms with Crippen LogP contribution in [0, 0.1) is 5.92 Å². The smallest absolute Gasteiger partial charge is 0.0579 e. The topological polar surface area (TPSA) is 3.24 Å². The fourth-order valence-corrected chi connectivity index (χ4v) is 5.24. The van der Waals surface area contributed by atoms with Crippen molar-refractivity contribution >= 4 is 11.3 Å².